The van der Waals surface area contributed by atoms with Crippen LogP contribution in [-0.2, 0) is 0 Å². The van der Waals surface area contributed by atoms with Crippen LogP contribution in [0.2, 0.25) is 0 Å². The molecule has 90 valence electrons. The summed E-state index contributed by atoms with van der Waals surface area (Å²) in [5.41, 5.74) is 0. The van der Waals surface area contributed by atoms with E-state index in [9.17, 15) is 8.78 Å². The number of hydrogen-bond donors (Lipinski definition) is 1. The lowest BCUT2D eigenvalue weighted by molar-refractivity contribution is -0.0956. The number of nitrogens with one attached hydrogen (secondary N) is 1. The van der Waals surface area contributed by atoms with Gasteiger partial charge in [-0.3, -0.25) is 0 Å². The Bertz CT molecular complexity index is 269. The second-order valence-corrected chi connectivity index (χ2v) is 5.21. The average molecular weight is 228 g/mol. The van der Waals surface area contributed by atoms with Crippen molar-refractivity contribution in [1.29, 1.82) is 5.26 Å². The summed E-state index contributed by atoms with van der Waals surface area (Å²) in [6.07, 6.45) is 4.86. The third-order valence-corrected chi connectivity index (χ3v) is 3.79. The Hall–Kier alpha value is -0.690. The van der Waals surface area contributed by atoms with Gasteiger partial charge in [0.15, 0.2) is 0 Å². The molecular formula is C12H18F2N2. The fourth-order valence-corrected chi connectivity index (χ4v) is 2.77. The quantitative estimate of drug-likeness (QED) is 0.806. The van der Waals surface area contributed by atoms with Gasteiger partial charge in [0.2, 0.25) is 0 Å². The van der Waals surface area contributed by atoms with E-state index < -0.39 is 5.92 Å². The molecule has 0 atom stereocenters. The average Bonchev–Trinajstić information content (AvgIpc) is 2.18. The summed E-state index contributed by atoms with van der Waals surface area (Å²) in [5.74, 6) is -1.89. The van der Waals surface area contributed by atoms with Crippen molar-refractivity contribution in [3.8, 4) is 6.07 Å². The van der Waals surface area contributed by atoms with E-state index in [4.69, 9.17) is 5.26 Å². The number of rotatable bonds is 3. The molecule has 0 saturated heterocycles. The molecule has 0 spiro atoms. The van der Waals surface area contributed by atoms with Gasteiger partial charge in [0.05, 0.1) is 6.07 Å². The van der Waals surface area contributed by atoms with Crippen molar-refractivity contribution in [1.82, 2.24) is 5.32 Å². The van der Waals surface area contributed by atoms with Crippen LogP contribution in [0.25, 0.3) is 0 Å². The van der Waals surface area contributed by atoms with Gasteiger partial charge >= 0.3 is 0 Å². The molecule has 2 nitrogen and oxygen atoms in total. The van der Waals surface area contributed by atoms with E-state index in [0.29, 0.717) is 18.4 Å². The first kappa shape index (κ1) is 11.8. The third kappa shape index (κ3) is 2.91. The summed E-state index contributed by atoms with van der Waals surface area (Å²) in [5, 5.41) is 11.9. The molecule has 4 heteroatoms. The van der Waals surface area contributed by atoms with Gasteiger partial charge in [0, 0.05) is 31.3 Å². The minimum atomic E-state index is -2.42. The van der Waals surface area contributed by atoms with E-state index in [0.717, 1.165) is 25.7 Å². The maximum atomic E-state index is 12.6. The van der Waals surface area contributed by atoms with Crippen LogP contribution in [-0.4, -0.2) is 18.0 Å². The Morgan fingerprint density at radius 2 is 1.75 bits per heavy atom. The van der Waals surface area contributed by atoms with Crippen LogP contribution in [0, 0.1) is 17.2 Å². The van der Waals surface area contributed by atoms with E-state index in [1.54, 1.807) is 0 Å². The normalized spacial score (nSPS) is 34.1. The summed E-state index contributed by atoms with van der Waals surface area (Å²) in [4.78, 5) is 0. The highest BCUT2D eigenvalue weighted by molar-refractivity contribution is 4.94. The first-order valence-electron chi connectivity index (χ1n) is 6.10. The Balaban J connectivity index is 1.65. The fourth-order valence-electron chi connectivity index (χ4n) is 2.77. The zero-order valence-electron chi connectivity index (χ0n) is 9.38. The lowest BCUT2D eigenvalue weighted by atomic mass is 9.82. The topological polar surface area (TPSA) is 35.8 Å². The molecule has 0 amide bonds. The van der Waals surface area contributed by atoms with E-state index in [-0.39, 0.29) is 18.9 Å². The summed E-state index contributed by atoms with van der Waals surface area (Å²) in [6.45, 7) is 0. The molecule has 0 radical (unpaired) electrons. The van der Waals surface area contributed by atoms with Crippen LogP contribution in [0.3, 0.4) is 0 Å². The fraction of sp³-hybridized carbons (Fsp3) is 0.917. The van der Waals surface area contributed by atoms with Crippen molar-refractivity contribution in [2.45, 2.75) is 63.0 Å². The molecule has 0 aliphatic heterocycles. The van der Waals surface area contributed by atoms with Crippen LogP contribution in [0.5, 0.6) is 0 Å². The maximum Gasteiger partial charge on any atom is 0.251 e. The van der Waals surface area contributed by atoms with Gasteiger partial charge in [0.25, 0.3) is 5.92 Å². The number of hydrogen-bond acceptors (Lipinski definition) is 2. The second kappa shape index (κ2) is 4.67. The zero-order valence-corrected chi connectivity index (χ0v) is 9.38. The molecule has 0 aromatic carbocycles. The molecule has 0 aromatic rings. The first-order valence-corrected chi connectivity index (χ1v) is 6.10. The summed E-state index contributed by atoms with van der Waals surface area (Å²) in [7, 11) is 0. The predicted octanol–water partition coefficient (Wildman–Crippen LogP) is 2.85. The number of halogens is 2. The molecule has 0 unspecified atom stereocenters. The predicted molar refractivity (Wildman–Crippen MR) is 57.1 cm³/mol. The van der Waals surface area contributed by atoms with E-state index in [1.807, 2.05) is 0 Å². The van der Waals surface area contributed by atoms with Gasteiger partial charge in [-0.05, 0) is 31.6 Å². The Labute approximate surface area is 95.0 Å². The van der Waals surface area contributed by atoms with Gasteiger partial charge in [-0.2, -0.15) is 5.26 Å². The standard InChI is InChI=1S/C12H18F2N2/c13-12(14)7-11(8-12)16-10-3-1-9(2-4-10)5-6-15/h9-11,16H,1-5,7-8H2. The van der Waals surface area contributed by atoms with Crippen molar-refractivity contribution >= 4 is 0 Å². The minimum Gasteiger partial charge on any atom is -0.311 e. The highest BCUT2D eigenvalue weighted by atomic mass is 19.3. The Morgan fingerprint density at radius 1 is 1.12 bits per heavy atom. The van der Waals surface area contributed by atoms with Crippen molar-refractivity contribution in [2.75, 3.05) is 0 Å². The van der Waals surface area contributed by atoms with Gasteiger partial charge in [-0.25, -0.2) is 8.78 Å². The van der Waals surface area contributed by atoms with Gasteiger partial charge < -0.3 is 5.32 Å². The minimum absolute atomic E-state index is 0.00508. The van der Waals surface area contributed by atoms with Crippen molar-refractivity contribution in [3.05, 3.63) is 0 Å². The summed E-state index contributed by atoms with van der Waals surface area (Å²) in [6, 6.07) is 2.63. The lowest BCUT2D eigenvalue weighted by Gasteiger charge is -2.39. The Morgan fingerprint density at radius 3 is 2.25 bits per heavy atom. The second-order valence-electron chi connectivity index (χ2n) is 5.21. The summed E-state index contributed by atoms with van der Waals surface area (Å²) < 4.78 is 25.3. The van der Waals surface area contributed by atoms with Gasteiger partial charge in [-0.1, -0.05) is 0 Å². The molecule has 2 rings (SSSR count). The van der Waals surface area contributed by atoms with Crippen LogP contribution in [0.4, 0.5) is 8.78 Å². The smallest absolute Gasteiger partial charge is 0.251 e. The van der Waals surface area contributed by atoms with Gasteiger partial charge in [-0.15, -0.1) is 0 Å². The number of nitrogens with zero attached hydrogens (tertiary/aromatic N) is 1. The Kier molecular flexibility index (Phi) is 3.44. The highest BCUT2D eigenvalue weighted by Crippen LogP contribution is 2.38. The van der Waals surface area contributed by atoms with Crippen LogP contribution in [0.1, 0.15) is 44.9 Å². The third-order valence-electron chi connectivity index (χ3n) is 3.79. The molecular weight excluding hydrogens is 210 g/mol. The molecule has 0 heterocycles. The molecule has 1 N–H and O–H groups in total. The maximum absolute atomic E-state index is 12.6. The number of nitriles is 1. The van der Waals surface area contributed by atoms with Crippen LogP contribution in [0.15, 0.2) is 0 Å². The van der Waals surface area contributed by atoms with E-state index >= 15 is 0 Å². The number of alkyl halides is 2. The zero-order chi connectivity index (χ0) is 11.6. The molecule has 2 saturated carbocycles. The van der Waals surface area contributed by atoms with E-state index in [2.05, 4.69) is 11.4 Å². The van der Waals surface area contributed by atoms with Gasteiger partial charge in [0.1, 0.15) is 0 Å². The van der Waals surface area contributed by atoms with E-state index in [1.165, 1.54) is 0 Å². The molecule has 0 aromatic heterocycles. The SMILES string of the molecule is N#CCC1CCC(NC2CC(F)(F)C2)CC1. The van der Waals surface area contributed by atoms with Crippen molar-refractivity contribution < 1.29 is 8.78 Å². The molecule has 16 heavy (non-hydrogen) atoms. The largest absolute Gasteiger partial charge is 0.311 e. The van der Waals surface area contributed by atoms with Crippen molar-refractivity contribution in [3.63, 3.8) is 0 Å². The summed E-state index contributed by atoms with van der Waals surface area (Å²) >= 11 is 0. The first-order chi connectivity index (χ1) is 7.59. The molecule has 2 aliphatic rings. The highest BCUT2D eigenvalue weighted by Gasteiger charge is 2.45. The monoisotopic (exact) mass is 228 g/mol. The van der Waals surface area contributed by atoms with Crippen molar-refractivity contribution in [2.24, 2.45) is 5.92 Å². The molecule has 2 fully saturated rings. The van der Waals surface area contributed by atoms with Crippen LogP contribution < -0.4 is 5.32 Å². The molecule has 0 bridgehead atoms. The molecule has 2 aliphatic carbocycles. The lowest BCUT2D eigenvalue weighted by Crippen LogP contribution is -2.52. The van der Waals surface area contributed by atoms with Crippen LogP contribution >= 0.6 is 0 Å².